The summed E-state index contributed by atoms with van der Waals surface area (Å²) >= 11 is 0. The smallest absolute Gasteiger partial charge is 0.164 e. The fourth-order valence-electron chi connectivity index (χ4n) is 10.1. The lowest BCUT2D eigenvalue weighted by Crippen LogP contribution is -2.18. The van der Waals surface area contributed by atoms with E-state index in [9.17, 15) is 0 Å². The van der Waals surface area contributed by atoms with Crippen LogP contribution in [0.3, 0.4) is 0 Å². The Balaban J connectivity index is 0.000000215. The first-order valence-corrected chi connectivity index (χ1v) is 36.3. The zero-order valence-electron chi connectivity index (χ0n) is 65.2. The van der Waals surface area contributed by atoms with Crippen LogP contribution >= 0.6 is 0 Å². The number of hydrogen-bond donors (Lipinski definition) is 6. The highest BCUT2D eigenvalue weighted by atomic mass is 15.1. The predicted octanol–water partition coefficient (Wildman–Crippen LogP) is 18.8. The Morgan fingerprint density at radius 1 is 0.333 bits per heavy atom. The molecule has 0 bridgehead atoms. The van der Waals surface area contributed by atoms with E-state index in [0.29, 0.717) is 71.8 Å². The van der Waals surface area contributed by atoms with Crippen molar-refractivity contribution in [2.24, 2.45) is 0 Å². The van der Waals surface area contributed by atoms with Crippen LogP contribution in [0, 0.1) is 20.8 Å². The number of fused-ring (bicyclic) bond motifs is 4. The summed E-state index contributed by atoms with van der Waals surface area (Å²) in [7, 11) is 0. The Labute approximate surface area is 593 Å². The first-order chi connectivity index (χ1) is 46.7. The van der Waals surface area contributed by atoms with Gasteiger partial charge < -0.3 is 31.9 Å². The van der Waals surface area contributed by atoms with Gasteiger partial charge in [-0.05, 0) is 154 Å². The van der Waals surface area contributed by atoms with E-state index in [1.165, 1.54) is 36.9 Å². The number of aromatic nitrogens is 15. The second-order valence-corrected chi connectivity index (χ2v) is 29.3. The topological polar surface area (TPSA) is 266 Å². The van der Waals surface area contributed by atoms with Crippen molar-refractivity contribution in [1.29, 1.82) is 0 Å². The van der Waals surface area contributed by atoms with Gasteiger partial charge in [-0.15, -0.1) is 0 Å². The van der Waals surface area contributed by atoms with Crippen LogP contribution in [0.5, 0.6) is 0 Å². The Hall–Kier alpha value is -8.49. The molecule has 1 aliphatic carbocycles. The largest absolute Gasteiger partial charge is 0.368 e. The minimum absolute atomic E-state index is 0.300. The van der Waals surface area contributed by atoms with Crippen molar-refractivity contribution < 1.29 is 0 Å². The molecule has 0 saturated carbocycles. The van der Waals surface area contributed by atoms with Crippen LogP contribution in [0.25, 0.3) is 32.8 Å². The highest BCUT2D eigenvalue weighted by Crippen LogP contribution is 2.29. The highest BCUT2D eigenvalue weighted by molar-refractivity contribution is 5.89. The molecule has 9 heterocycles. The van der Waals surface area contributed by atoms with Crippen LogP contribution < -0.4 is 31.9 Å². The number of hydrogen-bond acceptors (Lipinski definition) is 21. The SMILES string of the molecule is CC(C)Nc1nc(C(C)C)nc2c1CCCCCC2.CC(C)Nc1nc(C(C)C)nc2ccncc12.CC(C)Nc1nc(C(C)C)nc2cnccc12.CC(C)Nc1nc(C(C)C)nc2ncccc12.Cc1cc(NC(C)C)nc(C(C)C)n1.Cc1nc(C(C)C)nc(NC(C)C)c1C. The zero-order chi connectivity index (χ0) is 73.4. The van der Waals surface area contributed by atoms with Gasteiger partial charge in [0.2, 0.25) is 0 Å². The standard InChI is InChI=1S/C16H27N3.3C13H18N4.C12H21N3.C11H19N3/c1-11(2)15-18-14-10-8-6-5-7-9-13(14)16(19-15)17-12(3)4;1-8(2)12-16-11-5-6-14-7-10(11)13(17-12)15-9(3)4;1-8(2)12-16-11-7-14-6-5-10(11)13(17-12)15-9(3)4;1-8(2)11-16-12-10(6-5-7-14-12)13(17-11)15-9(3)4;1-7(2)11-14-10(6)9(5)12(15-11)13-8(3)4;1-7(2)11-13-9(5)6-10(14-11)12-8(3)4/h11-12H,5-10H2,1-4H3,(H,17,18,19);2*5-9H,1-4H3,(H,15,16,17);5-9H,1-4H3,(H,14,15,16,17);7-8H,1-6H3,(H,13,14,15);6-8H,1-5H3,(H,12,13,14). The molecule has 0 fully saturated rings. The molecule has 6 N–H and O–H groups in total. The average molecular weight is 1350 g/mol. The van der Waals surface area contributed by atoms with Gasteiger partial charge in [0.25, 0.3) is 0 Å². The molecule has 0 unspecified atom stereocenters. The van der Waals surface area contributed by atoms with Crippen LogP contribution in [0.15, 0.2) is 61.3 Å². The third-order valence-electron chi connectivity index (χ3n) is 15.2. The van der Waals surface area contributed by atoms with Crippen LogP contribution in [-0.4, -0.2) is 111 Å². The Morgan fingerprint density at radius 3 is 1.30 bits per heavy atom. The normalized spacial score (nSPS) is 12.2. The summed E-state index contributed by atoms with van der Waals surface area (Å²) in [6.45, 7) is 56.8. The number of nitrogens with one attached hydrogen (secondary N) is 6. The average Bonchev–Trinajstić information content (AvgIpc) is 0.827. The van der Waals surface area contributed by atoms with Crippen LogP contribution in [0.1, 0.15) is 291 Å². The molecule has 0 spiro atoms. The van der Waals surface area contributed by atoms with Crippen molar-refractivity contribution in [1.82, 2.24) is 74.8 Å². The summed E-state index contributed by atoms with van der Waals surface area (Å²) in [5.41, 5.74) is 8.50. The van der Waals surface area contributed by atoms with Crippen molar-refractivity contribution in [2.45, 2.75) is 297 Å². The Bertz CT molecular complexity index is 3700. The van der Waals surface area contributed by atoms with Gasteiger partial charge in [-0.1, -0.05) is 95.9 Å². The summed E-state index contributed by atoms with van der Waals surface area (Å²) in [5.74, 6) is 13.1. The van der Waals surface area contributed by atoms with Gasteiger partial charge >= 0.3 is 0 Å². The number of rotatable bonds is 18. The van der Waals surface area contributed by atoms with Gasteiger partial charge in [-0.25, -0.2) is 64.8 Å². The molecule has 10 rings (SSSR count). The number of aryl methyl sites for hydroxylation is 3. The maximum Gasteiger partial charge on any atom is 0.164 e. The van der Waals surface area contributed by atoms with Gasteiger partial charge in [0.15, 0.2) is 5.65 Å². The first-order valence-electron chi connectivity index (χ1n) is 36.3. The molecule has 538 valence electrons. The van der Waals surface area contributed by atoms with Crippen LogP contribution in [0.2, 0.25) is 0 Å². The van der Waals surface area contributed by atoms with E-state index >= 15 is 0 Å². The molecule has 0 aromatic carbocycles. The van der Waals surface area contributed by atoms with E-state index in [1.54, 1.807) is 24.8 Å². The lowest BCUT2D eigenvalue weighted by Gasteiger charge is -2.20. The molecule has 9 aromatic heterocycles. The van der Waals surface area contributed by atoms with Gasteiger partial charge in [0.1, 0.15) is 69.9 Å². The molecular weight excluding hydrogens is 1230 g/mol. The molecule has 99 heavy (non-hydrogen) atoms. The van der Waals surface area contributed by atoms with Crippen LogP contribution in [-0.2, 0) is 12.8 Å². The maximum absolute atomic E-state index is 4.83. The first kappa shape index (κ1) is 81.2. The van der Waals surface area contributed by atoms with Crippen molar-refractivity contribution in [3.8, 4) is 0 Å². The minimum Gasteiger partial charge on any atom is -0.368 e. The number of pyridine rings is 3. The molecule has 0 radical (unpaired) electrons. The molecule has 21 nitrogen and oxygen atoms in total. The second kappa shape index (κ2) is 39.3. The zero-order valence-corrected chi connectivity index (χ0v) is 65.2. The van der Waals surface area contributed by atoms with E-state index in [-0.39, 0.29) is 0 Å². The third-order valence-corrected chi connectivity index (χ3v) is 15.2. The van der Waals surface area contributed by atoms with Gasteiger partial charge in [-0.2, -0.15) is 0 Å². The summed E-state index contributed by atoms with van der Waals surface area (Å²) in [4.78, 5) is 67.3. The van der Waals surface area contributed by atoms with Gasteiger partial charge in [0.05, 0.1) is 28.0 Å². The van der Waals surface area contributed by atoms with Crippen LogP contribution in [0.4, 0.5) is 34.9 Å². The van der Waals surface area contributed by atoms with E-state index in [0.717, 1.165) is 132 Å². The molecule has 0 amide bonds. The molecular formula is C78H121N21. The highest BCUT2D eigenvalue weighted by Gasteiger charge is 2.20. The Morgan fingerprint density at radius 2 is 0.758 bits per heavy atom. The van der Waals surface area contributed by atoms with E-state index < -0.39 is 0 Å². The fraction of sp³-hybridized carbons (Fsp3) is 0.577. The van der Waals surface area contributed by atoms with Gasteiger partial charge in [0, 0.05) is 136 Å². The fourth-order valence-corrected chi connectivity index (χ4v) is 10.1. The van der Waals surface area contributed by atoms with Gasteiger partial charge in [-0.3, -0.25) is 9.97 Å². The molecule has 0 atom stereocenters. The van der Waals surface area contributed by atoms with Crippen molar-refractivity contribution in [2.75, 3.05) is 31.9 Å². The van der Waals surface area contributed by atoms with Crippen molar-refractivity contribution in [3.05, 3.63) is 124 Å². The molecule has 21 heteroatoms. The number of nitrogens with zero attached hydrogens (tertiary/aromatic N) is 15. The molecule has 1 aliphatic rings. The summed E-state index contributed by atoms with van der Waals surface area (Å²) < 4.78 is 0. The minimum atomic E-state index is 0.300. The van der Waals surface area contributed by atoms with E-state index in [2.05, 4.69) is 270 Å². The summed E-state index contributed by atoms with van der Waals surface area (Å²) in [6, 6.07) is 12.0. The van der Waals surface area contributed by atoms with Crippen molar-refractivity contribution >= 4 is 67.7 Å². The summed E-state index contributed by atoms with van der Waals surface area (Å²) in [6.07, 6.45) is 16.3. The van der Waals surface area contributed by atoms with E-state index in [4.69, 9.17) is 9.97 Å². The lowest BCUT2D eigenvalue weighted by molar-refractivity contribution is 0.600. The Kier molecular flexibility index (Phi) is 32.3. The second-order valence-electron chi connectivity index (χ2n) is 29.3. The summed E-state index contributed by atoms with van der Waals surface area (Å²) in [5, 5.41) is 23.2. The van der Waals surface area contributed by atoms with E-state index in [1.807, 2.05) is 50.4 Å². The lowest BCUT2D eigenvalue weighted by atomic mass is 9.97. The number of anilines is 6. The predicted molar refractivity (Wildman–Crippen MR) is 415 cm³/mol. The molecule has 0 aliphatic heterocycles. The molecule has 0 saturated heterocycles. The van der Waals surface area contributed by atoms with Crippen molar-refractivity contribution in [3.63, 3.8) is 0 Å². The monoisotopic (exact) mass is 1350 g/mol. The molecule has 9 aromatic rings. The maximum atomic E-state index is 4.83. The quantitative estimate of drug-likeness (QED) is 0.0466. The third kappa shape index (κ3) is 26.3.